The first-order chi connectivity index (χ1) is 17.0. The average molecular weight is 482 g/mol. The van der Waals surface area contributed by atoms with Crippen molar-refractivity contribution < 1.29 is 14.6 Å². The van der Waals surface area contributed by atoms with Gasteiger partial charge in [0.25, 0.3) is 5.56 Å². The maximum atomic E-state index is 13.4. The van der Waals surface area contributed by atoms with Crippen LogP contribution in [0.4, 0.5) is 0 Å². The molecule has 5 rings (SSSR count). The molecule has 0 amide bonds. The summed E-state index contributed by atoms with van der Waals surface area (Å²) in [5, 5.41) is 12.5. The largest absolute Gasteiger partial charge is 0.497 e. The Morgan fingerprint density at radius 3 is 2.57 bits per heavy atom. The lowest BCUT2D eigenvalue weighted by Gasteiger charge is -2.11. The second kappa shape index (κ2) is 9.36. The lowest BCUT2D eigenvalue weighted by atomic mass is 10.2. The average Bonchev–Trinajstić information content (AvgIpc) is 3.37. The highest BCUT2D eigenvalue weighted by molar-refractivity contribution is 7.13. The molecule has 0 radical (unpaired) electrons. The SMILES string of the molecule is COc1cccc(-c2nc(/C=C/c3nc4ccccc4c(=O)n3-c3ccc(C(=O)O)cc3)cs2)c1. The van der Waals surface area contributed by atoms with Gasteiger partial charge in [-0.05, 0) is 60.7 Å². The Morgan fingerprint density at radius 2 is 1.80 bits per heavy atom. The summed E-state index contributed by atoms with van der Waals surface area (Å²) in [6.45, 7) is 0. The van der Waals surface area contributed by atoms with Crippen molar-refractivity contribution in [3.05, 3.63) is 106 Å². The third-order valence-corrected chi connectivity index (χ3v) is 6.33. The number of thiazole rings is 1. The van der Waals surface area contributed by atoms with Gasteiger partial charge in [0, 0.05) is 10.9 Å². The highest BCUT2D eigenvalue weighted by Gasteiger charge is 2.12. The molecular weight excluding hydrogens is 462 g/mol. The number of ether oxygens (including phenoxy) is 1. The molecule has 0 fully saturated rings. The molecule has 0 unspecified atom stereocenters. The molecule has 7 nitrogen and oxygen atoms in total. The first kappa shape index (κ1) is 22.2. The van der Waals surface area contributed by atoms with Crippen LogP contribution in [-0.4, -0.2) is 32.7 Å². The third-order valence-electron chi connectivity index (χ3n) is 5.42. The first-order valence-corrected chi connectivity index (χ1v) is 11.5. The van der Waals surface area contributed by atoms with Gasteiger partial charge in [-0.2, -0.15) is 0 Å². The Hall–Kier alpha value is -4.56. The zero-order valence-corrected chi connectivity index (χ0v) is 19.4. The Balaban J connectivity index is 1.57. The maximum Gasteiger partial charge on any atom is 0.335 e. The lowest BCUT2D eigenvalue weighted by molar-refractivity contribution is 0.0697. The molecule has 8 heteroatoms. The van der Waals surface area contributed by atoms with Crippen LogP contribution in [0.1, 0.15) is 21.9 Å². The van der Waals surface area contributed by atoms with E-state index in [1.165, 1.54) is 28.0 Å². The van der Waals surface area contributed by atoms with Crippen molar-refractivity contribution in [1.29, 1.82) is 0 Å². The predicted molar refractivity (Wildman–Crippen MR) is 137 cm³/mol. The summed E-state index contributed by atoms with van der Waals surface area (Å²) in [5.41, 5.74) is 2.67. The second-order valence-corrected chi connectivity index (χ2v) is 8.48. The quantitative estimate of drug-likeness (QED) is 0.350. The minimum atomic E-state index is -1.03. The molecule has 0 aliphatic rings. The van der Waals surface area contributed by atoms with E-state index in [0.717, 1.165) is 22.0 Å². The topological polar surface area (TPSA) is 94.3 Å². The van der Waals surface area contributed by atoms with Crippen molar-refractivity contribution in [3.8, 4) is 22.0 Å². The van der Waals surface area contributed by atoms with Crippen LogP contribution in [0.5, 0.6) is 5.75 Å². The Kier molecular flexibility index (Phi) is 5.95. The van der Waals surface area contributed by atoms with E-state index in [1.807, 2.05) is 35.7 Å². The number of hydrogen-bond donors (Lipinski definition) is 1. The second-order valence-electron chi connectivity index (χ2n) is 7.62. The molecule has 2 heterocycles. The standard InChI is InChI=1S/C27H19N3O4S/c1-34-21-6-4-5-18(15-21)25-28-19(16-35-25)11-14-24-29-23-8-3-2-7-22(23)26(31)30(24)20-12-9-17(10-13-20)27(32)33/h2-16H,1H3,(H,32,33)/b14-11+. The Labute approximate surface area is 204 Å². The highest BCUT2D eigenvalue weighted by atomic mass is 32.1. The molecule has 0 bridgehead atoms. The summed E-state index contributed by atoms with van der Waals surface area (Å²) in [6.07, 6.45) is 3.54. The van der Waals surface area contributed by atoms with Crippen LogP contribution in [0.2, 0.25) is 0 Å². The van der Waals surface area contributed by atoms with Gasteiger partial charge in [-0.15, -0.1) is 11.3 Å². The highest BCUT2D eigenvalue weighted by Crippen LogP contribution is 2.27. The van der Waals surface area contributed by atoms with Crippen molar-refractivity contribution in [2.45, 2.75) is 0 Å². The van der Waals surface area contributed by atoms with Gasteiger partial charge in [-0.1, -0.05) is 24.3 Å². The van der Waals surface area contributed by atoms with E-state index in [0.29, 0.717) is 22.4 Å². The number of benzene rings is 3. The predicted octanol–water partition coefficient (Wildman–Crippen LogP) is 5.39. The van der Waals surface area contributed by atoms with Crippen LogP contribution in [0.15, 0.2) is 83.0 Å². The number of methoxy groups -OCH3 is 1. The number of aromatic nitrogens is 3. The first-order valence-electron chi connectivity index (χ1n) is 10.7. The van der Waals surface area contributed by atoms with Gasteiger partial charge >= 0.3 is 5.97 Å². The number of para-hydroxylation sites is 1. The smallest absolute Gasteiger partial charge is 0.335 e. The fourth-order valence-corrected chi connectivity index (χ4v) is 4.46. The monoisotopic (exact) mass is 481 g/mol. The van der Waals surface area contributed by atoms with Crippen LogP contribution >= 0.6 is 11.3 Å². The van der Waals surface area contributed by atoms with Gasteiger partial charge < -0.3 is 9.84 Å². The van der Waals surface area contributed by atoms with Gasteiger partial charge in [-0.25, -0.2) is 14.8 Å². The number of carboxylic acids is 1. The van der Waals surface area contributed by atoms with E-state index in [1.54, 1.807) is 49.6 Å². The molecular formula is C27H19N3O4S. The number of rotatable bonds is 6. The number of aromatic carboxylic acids is 1. The van der Waals surface area contributed by atoms with Crippen molar-refractivity contribution >= 4 is 40.4 Å². The fraction of sp³-hybridized carbons (Fsp3) is 0.0370. The lowest BCUT2D eigenvalue weighted by Crippen LogP contribution is -2.22. The molecule has 35 heavy (non-hydrogen) atoms. The van der Waals surface area contributed by atoms with E-state index in [9.17, 15) is 14.7 Å². The van der Waals surface area contributed by atoms with Crippen molar-refractivity contribution in [2.75, 3.05) is 7.11 Å². The minimum Gasteiger partial charge on any atom is -0.497 e. The van der Waals surface area contributed by atoms with E-state index in [4.69, 9.17) is 9.72 Å². The summed E-state index contributed by atoms with van der Waals surface area (Å²) in [6, 6.07) is 20.9. The molecule has 1 N–H and O–H groups in total. The number of carboxylic acid groups (broad SMARTS) is 1. The molecule has 0 atom stereocenters. The van der Waals surface area contributed by atoms with Crippen LogP contribution in [0.3, 0.4) is 0 Å². The number of fused-ring (bicyclic) bond motifs is 1. The summed E-state index contributed by atoms with van der Waals surface area (Å²) in [4.78, 5) is 34.0. The molecule has 172 valence electrons. The summed E-state index contributed by atoms with van der Waals surface area (Å²) in [7, 11) is 1.63. The number of nitrogens with zero attached hydrogens (tertiary/aromatic N) is 3. The zero-order chi connectivity index (χ0) is 24.4. The van der Waals surface area contributed by atoms with E-state index < -0.39 is 5.97 Å². The Bertz CT molecular complexity index is 1630. The molecule has 0 saturated carbocycles. The fourth-order valence-electron chi connectivity index (χ4n) is 3.68. The van der Waals surface area contributed by atoms with Crippen molar-refractivity contribution in [1.82, 2.24) is 14.5 Å². The van der Waals surface area contributed by atoms with Crippen LogP contribution in [-0.2, 0) is 0 Å². The van der Waals surface area contributed by atoms with Crippen LogP contribution in [0.25, 0.3) is 39.3 Å². The molecule has 5 aromatic rings. The van der Waals surface area contributed by atoms with E-state index >= 15 is 0 Å². The molecule has 0 spiro atoms. The summed E-state index contributed by atoms with van der Waals surface area (Å²) >= 11 is 1.51. The van der Waals surface area contributed by atoms with Gasteiger partial charge in [0.2, 0.25) is 0 Å². The maximum absolute atomic E-state index is 13.4. The van der Waals surface area contributed by atoms with E-state index in [2.05, 4.69) is 4.98 Å². The van der Waals surface area contributed by atoms with Crippen LogP contribution < -0.4 is 10.3 Å². The van der Waals surface area contributed by atoms with Gasteiger partial charge in [0.1, 0.15) is 16.6 Å². The Morgan fingerprint density at radius 1 is 1.00 bits per heavy atom. The van der Waals surface area contributed by atoms with Crippen molar-refractivity contribution in [3.63, 3.8) is 0 Å². The number of carbonyl (C=O) groups is 1. The summed E-state index contributed by atoms with van der Waals surface area (Å²) < 4.78 is 6.77. The summed E-state index contributed by atoms with van der Waals surface area (Å²) in [5.74, 6) is 0.136. The molecule has 3 aromatic carbocycles. The zero-order valence-electron chi connectivity index (χ0n) is 18.6. The number of hydrogen-bond acceptors (Lipinski definition) is 6. The molecule has 0 aliphatic heterocycles. The third kappa shape index (κ3) is 4.47. The van der Waals surface area contributed by atoms with Gasteiger partial charge in [0.15, 0.2) is 0 Å². The van der Waals surface area contributed by atoms with Gasteiger partial charge in [-0.3, -0.25) is 9.36 Å². The molecule has 2 aromatic heterocycles. The van der Waals surface area contributed by atoms with E-state index in [-0.39, 0.29) is 11.1 Å². The van der Waals surface area contributed by atoms with Gasteiger partial charge in [0.05, 0.1) is 35.0 Å². The molecule has 0 aliphatic carbocycles. The van der Waals surface area contributed by atoms with Crippen molar-refractivity contribution in [2.24, 2.45) is 0 Å². The molecule has 0 saturated heterocycles. The normalized spacial score (nSPS) is 11.2. The minimum absolute atomic E-state index is 0.139. The van der Waals surface area contributed by atoms with Crippen LogP contribution in [0, 0.1) is 0 Å².